The van der Waals surface area contributed by atoms with Gasteiger partial charge in [0.15, 0.2) is 5.82 Å². The highest BCUT2D eigenvalue weighted by atomic mass is 16.5. The van der Waals surface area contributed by atoms with Crippen LogP contribution in [0.4, 0.5) is 11.6 Å². The van der Waals surface area contributed by atoms with Crippen molar-refractivity contribution in [2.45, 2.75) is 6.92 Å². The molecule has 0 bridgehead atoms. The highest BCUT2D eigenvalue weighted by Crippen LogP contribution is 2.17. The Morgan fingerprint density at radius 1 is 1.20 bits per heavy atom. The summed E-state index contributed by atoms with van der Waals surface area (Å²) in [6.07, 6.45) is 1.59. The van der Waals surface area contributed by atoms with Gasteiger partial charge in [0.2, 0.25) is 5.88 Å². The van der Waals surface area contributed by atoms with Crippen molar-refractivity contribution >= 4 is 17.5 Å². The predicted molar refractivity (Wildman–Crippen MR) is 95.1 cm³/mol. The first-order chi connectivity index (χ1) is 12.2. The lowest BCUT2D eigenvalue weighted by Crippen LogP contribution is -2.49. The van der Waals surface area contributed by atoms with Crippen molar-refractivity contribution in [3.8, 4) is 5.88 Å². The minimum Gasteiger partial charge on any atom is -0.481 e. The number of carbonyl (C=O) groups is 1. The number of ether oxygens (including phenoxy) is 1. The minimum atomic E-state index is -0.00562. The third kappa shape index (κ3) is 3.96. The second-order valence-corrected chi connectivity index (χ2v) is 5.67. The molecular formula is C17H22N6O2. The molecule has 3 rings (SSSR count). The number of piperazine rings is 1. The highest BCUT2D eigenvalue weighted by Gasteiger charge is 2.23. The Morgan fingerprint density at radius 2 is 2.00 bits per heavy atom. The normalized spacial score (nSPS) is 14.3. The van der Waals surface area contributed by atoms with Crippen LogP contribution in [0.2, 0.25) is 0 Å². The molecule has 0 radical (unpaired) electrons. The molecule has 0 unspecified atom stereocenters. The highest BCUT2D eigenvalue weighted by molar-refractivity contribution is 5.94. The first kappa shape index (κ1) is 16.9. The molecule has 1 amide bonds. The second kappa shape index (κ2) is 7.78. The maximum atomic E-state index is 12.6. The van der Waals surface area contributed by atoms with Gasteiger partial charge < -0.3 is 19.9 Å². The van der Waals surface area contributed by atoms with E-state index in [9.17, 15) is 4.79 Å². The summed E-state index contributed by atoms with van der Waals surface area (Å²) in [5, 5.41) is 11.5. The van der Waals surface area contributed by atoms with Gasteiger partial charge in [0, 0.05) is 50.6 Å². The summed E-state index contributed by atoms with van der Waals surface area (Å²) in [5.74, 6) is 2.04. The fourth-order valence-electron chi connectivity index (χ4n) is 2.74. The summed E-state index contributed by atoms with van der Waals surface area (Å²) >= 11 is 0. The summed E-state index contributed by atoms with van der Waals surface area (Å²) in [4.78, 5) is 20.6. The molecule has 1 saturated heterocycles. The van der Waals surface area contributed by atoms with Crippen LogP contribution >= 0.6 is 0 Å². The van der Waals surface area contributed by atoms with Gasteiger partial charge >= 0.3 is 0 Å². The van der Waals surface area contributed by atoms with E-state index in [2.05, 4.69) is 25.4 Å². The van der Waals surface area contributed by atoms with Gasteiger partial charge in [-0.2, -0.15) is 0 Å². The zero-order chi connectivity index (χ0) is 17.6. The lowest BCUT2D eigenvalue weighted by Gasteiger charge is -2.35. The molecule has 0 saturated carbocycles. The monoisotopic (exact) mass is 342 g/mol. The lowest BCUT2D eigenvalue weighted by molar-refractivity contribution is 0.0746. The fourth-order valence-corrected chi connectivity index (χ4v) is 2.74. The molecule has 1 fully saturated rings. The molecule has 0 aromatic carbocycles. The van der Waals surface area contributed by atoms with Crippen LogP contribution in [0.15, 0.2) is 30.5 Å². The Hall–Kier alpha value is -2.90. The van der Waals surface area contributed by atoms with Crippen molar-refractivity contribution < 1.29 is 9.53 Å². The van der Waals surface area contributed by atoms with Crippen LogP contribution in [-0.2, 0) is 0 Å². The summed E-state index contributed by atoms with van der Waals surface area (Å²) in [6, 6.07) is 7.25. The summed E-state index contributed by atoms with van der Waals surface area (Å²) < 4.78 is 5.08. The van der Waals surface area contributed by atoms with Crippen molar-refractivity contribution in [2.24, 2.45) is 0 Å². The Bertz CT molecular complexity index is 713. The number of aromatic nitrogens is 3. The Labute approximate surface area is 146 Å². The first-order valence-electron chi connectivity index (χ1n) is 8.33. The van der Waals surface area contributed by atoms with E-state index < -0.39 is 0 Å². The number of anilines is 2. The molecule has 0 aliphatic carbocycles. The van der Waals surface area contributed by atoms with Crippen LogP contribution in [-0.4, -0.2) is 65.8 Å². The predicted octanol–water partition coefficient (Wildman–Crippen LogP) is 1.27. The van der Waals surface area contributed by atoms with Crippen LogP contribution in [0.5, 0.6) is 5.88 Å². The number of hydrogen-bond donors (Lipinski definition) is 1. The SMILES string of the molecule is CCNc1ccc(N2CCN(C(=O)c3ccnc(OC)c3)CC2)nn1. The zero-order valence-corrected chi connectivity index (χ0v) is 14.5. The van der Waals surface area contributed by atoms with E-state index in [1.54, 1.807) is 18.3 Å². The molecular weight excluding hydrogens is 320 g/mol. The first-order valence-corrected chi connectivity index (χ1v) is 8.33. The van der Waals surface area contributed by atoms with E-state index in [1.807, 2.05) is 24.0 Å². The molecule has 132 valence electrons. The van der Waals surface area contributed by atoms with Crippen LogP contribution in [0.25, 0.3) is 0 Å². The van der Waals surface area contributed by atoms with E-state index in [0.29, 0.717) is 24.5 Å². The number of hydrogen-bond acceptors (Lipinski definition) is 7. The average Bonchev–Trinajstić information content (AvgIpc) is 2.68. The smallest absolute Gasteiger partial charge is 0.254 e. The minimum absolute atomic E-state index is 0.00562. The molecule has 8 nitrogen and oxygen atoms in total. The second-order valence-electron chi connectivity index (χ2n) is 5.67. The molecule has 1 aliphatic heterocycles. The lowest BCUT2D eigenvalue weighted by atomic mass is 10.2. The molecule has 1 aliphatic rings. The van der Waals surface area contributed by atoms with Crippen LogP contribution in [0.1, 0.15) is 17.3 Å². The Morgan fingerprint density at radius 3 is 2.64 bits per heavy atom. The van der Waals surface area contributed by atoms with Crippen LogP contribution in [0.3, 0.4) is 0 Å². The van der Waals surface area contributed by atoms with Crippen molar-refractivity contribution in [1.29, 1.82) is 0 Å². The van der Waals surface area contributed by atoms with Crippen LogP contribution in [0, 0.1) is 0 Å². The molecule has 0 atom stereocenters. The third-order valence-electron chi connectivity index (χ3n) is 4.09. The van der Waals surface area contributed by atoms with Gasteiger partial charge in [-0.1, -0.05) is 0 Å². The molecule has 25 heavy (non-hydrogen) atoms. The van der Waals surface area contributed by atoms with E-state index >= 15 is 0 Å². The quantitative estimate of drug-likeness (QED) is 0.876. The standard InChI is InChI=1S/C17H22N6O2/c1-3-18-14-4-5-15(21-20-14)22-8-10-23(11-9-22)17(24)13-6-7-19-16(12-13)25-2/h4-7,12H,3,8-11H2,1-2H3,(H,18,20). The summed E-state index contributed by atoms with van der Waals surface area (Å²) in [6.45, 7) is 5.56. The van der Waals surface area contributed by atoms with Gasteiger partial charge in [-0.25, -0.2) is 4.98 Å². The number of rotatable bonds is 5. The van der Waals surface area contributed by atoms with Crippen molar-refractivity contribution in [3.05, 3.63) is 36.0 Å². The number of amides is 1. The number of nitrogens with zero attached hydrogens (tertiary/aromatic N) is 5. The van der Waals surface area contributed by atoms with Gasteiger partial charge in [-0.3, -0.25) is 4.79 Å². The topological polar surface area (TPSA) is 83.5 Å². The van der Waals surface area contributed by atoms with E-state index in [4.69, 9.17) is 4.74 Å². The third-order valence-corrected chi connectivity index (χ3v) is 4.09. The van der Waals surface area contributed by atoms with Gasteiger partial charge in [-0.05, 0) is 25.1 Å². The van der Waals surface area contributed by atoms with Crippen molar-refractivity contribution in [3.63, 3.8) is 0 Å². The van der Waals surface area contributed by atoms with Gasteiger partial charge in [0.05, 0.1) is 7.11 Å². The number of pyridine rings is 1. The summed E-state index contributed by atoms with van der Waals surface area (Å²) in [5.41, 5.74) is 0.593. The molecule has 8 heteroatoms. The maximum Gasteiger partial charge on any atom is 0.254 e. The molecule has 2 aromatic rings. The van der Waals surface area contributed by atoms with Gasteiger partial charge in [0.1, 0.15) is 5.82 Å². The zero-order valence-electron chi connectivity index (χ0n) is 14.5. The van der Waals surface area contributed by atoms with E-state index in [0.717, 1.165) is 31.3 Å². The molecule has 2 aromatic heterocycles. The number of nitrogens with one attached hydrogen (secondary N) is 1. The van der Waals surface area contributed by atoms with E-state index in [-0.39, 0.29) is 5.91 Å². The largest absolute Gasteiger partial charge is 0.481 e. The number of methoxy groups -OCH3 is 1. The average molecular weight is 342 g/mol. The van der Waals surface area contributed by atoms with Crippen molar-refractivity contribution in [1.82, 2.24) is 20.1 Å². The van der Waals surface area contributed by atoms with Crippen molar-refractivity contribution in [2.75, 3.05) is 50.1 Å². The Kier molecular flexibility index (Phi) is 5.27. The van der Waals surface area contributed by atoms with Gasteiger partial charge in [0.25, 0.3) is 5.91 Å². The van der Waals surface area contributed by atoms with E-state index in [1.165, 1.54) is 7.11 Å². The fraction of sp³-hybridized carbons (Fsp3) is 0.412. The molecule has 1 N–H and O–H groups in total. The molecule has 0 spiro atoms. The van der Waals surface area contributed by atoms with Gasteiger partial charge in [-0.15, -0.1) is 10.2 Å². The summed E-state index contributed by atoms with van der Waals surface area (Å²) in [7, 11) is 1.54. The number of carbonyl (C=O) groups excluding carboxylic acids is 1. The molecule has 3 heterocycles. The maximum absolute atomic E-state index is 12.6. The van der Waals surface area contributed by atoms with Crippen LogP contribution < -0.4 is 15.0 Å². The Balaban J connectivity index is 1.60.